The Balaban J connectivity index is 1.93. The van der Waals surface area contributed by atoms with E-state index in [1.54, 1.807) is 52.8 Å². The van der Waals surface area contributed by atoms with Gasteiger partial charge in [-0.25, -0.2) is 9.59 Å². The predicted molar refractivity (Wildman–Crippen MR) is 123 cm³/mol. The van der Waals surface area contributed by atoms with E-state index in [-0.39, 0.29) is 31.5 Å². The van der Waals surface area contributed by atoms with Crippen molar-refractivity contribution in [2.45, 2.75) is 65.1 Å². The minimum Gasteiger partial charge on any atom is -0.466 e. The number of hydrogen-bond donors (Lipinski definition) is 2. The lowest BCUT2D eigenvalue weighted by Gasteiger charge is -2.33. The van der Waals surface area contributed by atoms with Crippen LogP contribution in [0.4, 0.5) is 4.79 Å². The lowest BCUT2D eigenvalue weighted by Crippen LogP contribution is -2.59. The molecule has 1 aromatic rings. The van der Waals surface area contributed by atoms with Crippen LogP contribution in [0, 0.1) is 24.7 Å². The van der Waals surface area contributed by atoms with Crippen LogP contribution >= 0.6 is 0 Å². The van der Waals surface area contributed by atoms with Crippen molar-refractivity contribution in [2.75, 3.05) is 13.2 Å². The van der Waals surface area contributed by atoms with Crippen LogP contribution in [0.5, 0.6) is 0 Å². The highest BCUT2D eigenvalue weighted by Crippen LogP contribution is 2.63. The topological polar surface area (TPSA) is 120 Å². The number of alkyl carbamates (subject to hydrolysis) is 1. The molecule has 1 aromatic carbocycles. The van der Waals surface area contributed by atoms with Crippen molar-refractivity contribution in [1.29, 1.82) is 0 Å². The van der Waals surface area contributed by atoms with Crippen molar-refractivity contribution >= 4 is 23.9 Å². The molecule has 186 valence electrons. The molecule has 0 saturated heterocycles. The summed E-state index contributed by atoms with van der Waals surface area (Å²) in [6.07, 6.45) is -0.715. The fourth-order valence-corrected chi connectivity index (χ4v) is 4.97. The highest BCUT2D eigenvalue weighted by molar-refractivity contribution is 5.96. The van der Waals surface area contributed by atoms with Crippen molar-refractivity contribution in [3.8, 4) is 0 Å². The van der Waals surface area contributed by atoms with Crippen LogP contribution in [0.1, 0.15) is 57.0 Å². The first-order valence-electron chi connectivity index (χ1n) is 11.7. The van der Waals surface area contributed by atoms with Gasteiger partial charge in [-0.15, -0.1) is 0 Å². The second-order valence-corrected chi connectivity index (χ2v) is 9.85. The van der Waals surface area contributed by atoms with Crippen molar-refractivity contribution in [2.24, 2.45) is 17.8 Å². The van der Waals surface area contributed by atoms with Gasteiger partial charge in [-0.05, 0) is 59.6 Å². The normalized spacial score (nSPS) is 27.2. The summed E-state index contributed by atoms with van der Waals surface area (Å²) in [5.74, 6) is -3.07. The molecule has 0 heterocycles. The molecule has 2 aliphatic carbocycles. The summed E-state index contributed by atoms with van der Waals surface area (Å²) >= 11 is 0. The number of rotatable bonds is 7. The van der Waals surface area contributed by atoms with Gasteiger partial charge in [0.1, 0.15) is 11.1 Å². The summed E-state index contributed by atoms with van der Waals surface area (Å²) < 4.78 is 16.0. The number of esters is 2. The Hall–Kier alpha value is -3.10. The number of aryl methyl sites for hydroxylation is 1. The molecule has 3 rings (SSSR count). The number of nitrogens with one attached hydrogen (secondary N) is 2. The summed E-state index contributed by atoms with van der Waals surface area (Å²) in [5, 5.41) is 5.68. The zero-order valence-electron chi connectivity index (χ0n) is 20.6. The molecule has 2 fully saturated rings. The van der Waals surface area contributed by atoms with Gasteiger partial charge in [-0.2, -0.15) is 0 Å². The molecule has 9 nitrogen and oxygen atoms in total. The Labute approximate surface area is 199 Å². The van der Waals surface area contributed by atoms with Crippen LogP contribution in [0.25, 0.3) is 0 Å². The standard InChI is InChI=1S/C25H34N2O7/c1-7-32-21(29)18-17-16(26-20(28)15-11-9-10-14(3)12-15)13-25(19(17)18,22(30)33-8-2)27-23(31)34-24(4,5)6/h9-12,16-19H,7-8,13H2,1-6H3,(H,26,28)(H,27,31)/t16?,17?,18-,19?,25?/m0/s1. The zero-order valence-corrected chi connectivity index (χ0v) is 20.6. The third-order valence-corrected chi connectivity index (χ3v) is 6.17. The Kier molecular flexibility index (Phi) is 7.24. The van der Waals surface area contributed by atoms with Crippen molar-refractivity contribution in [3.63, 3.8) is 0 Å². The monoisotopic (exact) mass is 474 g/mol. The maximum atomic E-state index is 13.2. The van der Waals surface area contributed by atoms with E-state index < -0.39 is 47.0 Å². The number of hydrogen-bond acceptors (Lipinski definition) is 7. The van der Waals surface area contributed by atoms with E-state index in [4.69, 9.17) is 14.2 Å². The van der Waals surface area contributed by atoms with Gasteiger partial charge in [0.25, 0.3) is 5.91 Å². The van der Waals surface area contributed by atoms with Gasteiger partial charge < -0.3 is 24.8 Å². The number of ether oxygens (including phenoxy) is 3. The van der Waals surface area contributed by atoms with Gasteiger partial charge in [0.15, 0.2) is 0 Å². The third-order valence-electron chi connectivity index (χ3n) is 6.17. The molecule has 2 N–H and O–H groups in total. The van der Waals surface area contributed by atoms with Crippen LogP contribution in [0.15, 0.2) is 24.3 Å². The summed E-state index contributed by atoms with van der Waals surface area (Å²) in [7, 11) is 0. The molecule has 9 heteroatoms. The molecule has 0 aromatic heterocycles. The Morgan fingerprint density at radius 3 is 2.35 bits per heavy atom. The van der Waals surface area contributed by atoms with E-state index >= 15 is 0 Å². The third kappa shape index (κ3) is 5.18. The van der Waals surface area contributed by atoms with E-state index in [1.807, 2.05) is 13.0 Å². The van der Waals surface area contributed by atoms with Gasteiger partial charge in [0, 0.05) is 23.9 Å². The molecule has 0 bridgehead atoms. The average molecular weight is 475 g/mol. The minimum absolute atomic E-state index is 0.0773. The first-order valence-corrected chi connectivity index (χ1v) is 11.7. The van der Waals surface area contributed by atoms with Gasteiger partial charge >= 0.3 is 18.0 Å². The van der Waals surface area contributed by atoms with E-state index in [9.17, 15) is 19.2 Å². The maximum Gasteiger partial charge on any atom is 0.408 e. The molecule has 4 unspecified atom stereocenters. The quantitative estimate of drug-likeness (QED) is 0.461. The second kappa shape index (κ2) is 9.64. The summed E-state index contributed by atoms with van der Waals surface area (Å²) in [6, 6.07) is 6.58. The molecule has 0 spiro atoms. The molecule has 5 atom stereocenters. The SMILES string of the molecule is CCOC(=O)[C@H]1C2C(NC(=O)c3cccc(C)c3)CC(NC(=O)OC(C)(C)C)(C(=O)OCC)C21. The lowest BCUT2D eigenvalue weighted by atomic mass is 9.88. The highest BCUT2D eigenvalue weighted by atomic mass is 16.6. The van der Waals surface area contributed by atoms with Crippen molar-refractivity contribution < 1.29 is 33.4 Å². The Bertz CT molecular complexity index is 970. The number of benzene rings is 1. The molecular formula is C25H34N2O7. The van der Waals surface area contributed by atoms with E-state index in [1.165, 1.54) is 0 Å². The fourth-order valence-electron chi connectivity index (χ4n) is 4.97. The smallest absolute Gasteiger partial charge is 0.408 e. The highest BCUT2D eigenvalue weighted by Gasteiger charge is 2.76. The number of carbonyl (C=O) groups excluding carboxylic acids is 4. The fraction of sp³-hybridized carbons (Fsp3) is 0.600. The molecule has 2 amide bonds. The van der Waals surface area contributed by atoms with E-state index in [0.717, 1.165) is 5.56 Å². The lowest BCUT2D eigenvalue weighted by molar-refractivity contribution is -0.153. The van der Waals surface area contributed by atoms with Crippen LogP contribution in [-0.2, 0) is 23.8 Å². The predicted octanol–water partition coefficient (Wildman–Crippen LogP) is 2.75. The van der Waals surface area contributed by atoms with Crippen LogP contribution in [0.3, 0.4) is 0 Å². The maximum absolute atomic E-state index is 13.2. The number of carbonyl (C=O) groups is 4. The number of amides is 2. The molecule has 0 radical (unpaired) electrons. The van der Waals surface area contributed by atoms with Crippen molar-refractivity contribution in [3.05, 3.63) is 35.4 Å². The Morgan fingerprint density at radius 2 is 1.76 bits per heavy atom. The second-order valence-electron chi connectivity index (χ2n) is 9.85. The first kappa shape index (κ1) is 25.5. The summed E-state index contributed by atoms with van der Waals surface area (Å²) in [5.41, 5.74) is -0.912. The van der Waals surface area contributed by atoms with Crippen LogP contribution in [0.2, 0.25) is 0 Å². The van der Waals surface area contributed by atoms with Crippen molar-refractivity contribution in [1.82, 2.24) is 10.6 Å². The van der Waals surface area contributed by atoms with E-state index in [0.29, 0.717) is 5.56 Å². The van der Waals surface area contributed by atoms with Gasteiger partial charge in [0.05, 0.1) is 19.1 Å². The average Bonchev–Trinajstić information content (AvgIpc) is 3.40. The minimum atomic E-state index is -1.52. The number of fused-ring (bicyclic) bond motifs is 1. The molecule has 34 heavy (non-hydrogen) atoms. The molecular weight excluding hydrogens is 440 g/mol. The molecule has 2 aliphatic rings. The first-order chi connectivity index (χ1) is 15.9. The largest absolute Gasteiger partial charge is 0.466 e. The summed E-state index contributed by atoms with van der Waals surface area (Å²) in [6.45, 7) is 10.7. The molecule has 0 aliphatic heterocycles. The summed E-state index contributed by atoms with van der Waals surface area (Å²) in [4.78, 5) is 51.7. The Morgan fingerprint density at radius 1 is 1.09 bits per heavy atom. The van der Waals surface area contributed by atoms with Gasteiger partial charge in [0.2, 0.25) is 0 Å². The van der Waals surface area contributed by atoms with E-state index in [2.05, 4.69) is 10.6 Å². The van der Waals surface area contributed by atoms with Crippen LogP contribution in [-0.4, -0.2) is 54.3 Å². The zero-order chi connectivity index (χ0) is 25.3. The van der Waals surface area contributed by atoms with Crippen LogP contribution < -0.4 is 10.6 Å². The molecule has 2 saturated carbocycles. The van der Waals surface area contributed by atoms with Gasteiger partial charge in [-0.3, -0.25) is 9.59 Å². The van der Waals surface area contributed by atoms with Gasteiger partial charge in [-0.1, -0.05) is 17.7 Å².